The van der Waals surface area contributed by atoms with E-state index < -0.39 is 20.2 Å². The molecule has 0 bridgehead atoms. The molecule has 10 heteroatoms. The second-order valence-corrected chi connectivity index (χ2v) is 18.6. The third kappa shape index (κ3) is 8.41. The summed E-state index contributed by atoms with van der Waals surface area (Å²) < 4.78 is 64.1. The topological polar surface area (TPSA) is 115 Å². The summed E-state index contributed by atoms with van der Waals surface area (Å²) in [4.78, 5) is 4.71. The summed E-state index contributed by atoms with van der Waals surface area (Å²) in [6.45, 7) is 10.4. The molecule has 0 saturated heterocycles. The third-order valence-electron chi connectivity index (χ3n) is 11.0. The second-order valence-electron chi connectivity index (χ2n) is 15.5. The summed E-state index contributed by atoms with van der Waals surface area (Å²) >= 11 is 0. The standard InChI is InChI=1S/C43H52N2O6S2/c1-42(2)38(44(28-14-16-30-52(46,47)48)36-26-24-32-18-10-12-20-34(32)40(36)42)22-8-6-5-7-9-23-39-43(3,4)41-35-21-13-11-19-33(35)25-27-37(41)45(39)29-15-17-31-53(49,50)51/h6,8-13,18-27,39H,5,7,14-17,28-31H2,1-4H3,(H,46,47,48)(H,49,50,51)/b8-6+,23-9+,38-22+/t39-/m0/s1. The molecule has 4 aromatic carbocycles. The summed E-state index contributed by atoms with van der Waals surface area (Å²) in [5, 5.41) is 4.84. The van der Waals surface area contributed by atoms with Gasteiger partial charge in [0.1, 0.15) is 0 Å². The Morgan fingerprint density at radius 2 is 1.21 bits per heavy atom. The van der Waals surface area contributed by atoms with E-state index in [2.05, 4.69) is 141 Å². The van der Waals surface area contributed by atoms with Crippen LogP contribution in [0.3, 0.4) is 0 Å². The second kappa shape index (κ2) is 15.4. The van der Waals surface area contributed by atoms with E-state index in [9.17, 15) is 25.9 Å². The number of nitrogens with zero attached hydrogens (tertiary/aromatic N) is 2. The van der Waals surface area contributed by atoms with Crippen LogP contribution >= 0.6 is 0 Å². The molecule has 53 heavy (non-hydrogen) atoms. The predicted molar refractivity (Wildman–Crippen MR) is 219 cm³/mol. The average Bonchev–Trinajstić information content (AvgIpc) is 3.45. The maximum Gasteiger partial charge on any atom is 0.264 e. The molecule has 8 nitrogen and oxygen atoms in total. The van der Waals surface area contributed by atoms with Gasteiger partial charge in [0.2, 0.25) is 0 Å². The first-order valence-electron chi connectivity index (χ1n) is 18.6. The van der Waals surface area contributed by atoms with Gasteiger partial charge in [-0.2, -0.15) is 16.8 Å². The maximum absolute atomic E-state index is 11.4. The lowest BCUT2D eigenvalue weighted by Gasteiger charge is -2.32. The summed E-state index contributed by atoms with van der Waals surface area (Å²) in [7, 11) is -7.99. The zero-order valence-electron chi connectivity index (χ0n) is 31.2. The lowest BCUT2D eigenvalue weighted by Crippen LogP contribution is -2.40. The molecule has 0 radical (unpaired) electrons. The molecule has 2 heterocycles. The van der Waals surface area contributed by atoms with Crippen LogP contribution in [0, 0.1) is 0 Å². The first kappa shape index (κ1) is 38.8. The smallest absolute Gasteiger partial charge is 0.264 e. The number of benzene rings is 4. The van der Waals surface area contributed by atoms with Crippen molar-refractivity contribution in [3.8, 4) is 0 Å². The molecular weight excluding hydrogens is 705 g/mol. The van der Waals surface area contributed by atoms with Gasteiger partial charge in [-0.15, -0.1) is 0 Å². The maximum atomic E-state index is 11.4. The van der Waals surface area contributed by atoms with Crippen molar-refractivity contribution in [3.05, 3.63) is 120 Å². The first-order chi connectivity index (χ1) is 25.1. The molecule has 2 aliphatic rings. The van der Waals surface area contributed by atoms with Gasteiger partial charge < -0.3 is 9.80 Å². The summed E-state index contributed by atoms with van der Waals surface area (Å²) in [5.74, 6) is -0.475. The molecular formula is C43H52N2O6S2. The van der Waals surface area contributed by atoms with Gasteiger partial charge in [0, 0.05) is 41.0 Å². The number of hydrogen-bond donors (Lipinski definition) is 2. The van der Waals surface area contributed by atoms with E-state index in [4.69, 9.17) is 0 Å². The van der Waals surface area contributed by atoms with Crippen molar-refractivity contribution in [1.29, 1.82) is 0 Å². The van der Waals surface area contributed by atoms with Gasteiger partial charge in [-0.1, -0.05) is 113 Å². The molecule has 0 saturated carbocycles. The van der Waals surface area contributed by atoms with Crippen molar-refractivity contribution in [2.45, 2.75) is 83.1 Å². The van der Waals surface area contributed by atoms with Crippen LogP contribution in [0.4, 0.5) is 11.4 Å². The van der Waals surface area contributed by atoms with Crippen LogP contribution in [0.5, 0.6) is 0 Å². The first-order valence-corrected chi connectivity index (χ1v) is 21.8. The Kier molecular flexibility index (Phi) is 11.3. The van der Waals surface area contributed by atoms with E-state index in [0.29, 0.717) is 38.8 Å². The van der Waals surface area contributed by atoms with Crippen LogP contribution in [0.25, 0.3) is 21.5 Å². The van der Waals surface area contributed by atoms with Crippen molar-refractivity contribution in [2.24, 2.45) is 0 Å². The molecule has 6 rings (SSSR count). The lowest BCUT2D eigenvalue weighted by molar-refractivity contribution is 0.467. The van der Waals surface area contributed by atoms with Crippen molar-refractivity contribution < 1.29 is 25.9 Å². The summed E-state index contributed by atoms with van der Waals surface area (Å²) in [5.41, 5.74) is 5.58. The average molecular weight is 757 g/mol. The highest BCUT2D eigenvalue weighted by Crippen LogP contribution is 2.51. The van der Waals surface area contributed by atoms with Crippen molar-refractivity contribution in [3.63, 3.8) is 0 Å². The van der Waals surface area contributed by atoms with Gasteiger partial charge >= 0.3 is 0 Å². The number of anilines is 2. The molecule has 0 amide bonds. The van der Waals surface area contributed by atoms with E-state index >= 15 is 0 Å². The fraction of sp³-hybridized carbons (Fsp3) is 0.395. The third-order valence-corrected chi connectivity index (χ3v) is 12.6. The molecule has 0 aliphatic carbocycles. The Morgan fingerprint density at radius 3 is 1.83 bits per heavy atom. The van der Waals surface area contributed by atoms with Gasteiger partial charge in [-0.3, -0.25) is 9.11 Å². The normalized spacial score (nSPS) is 19.0. The molecule has 2 aliphatic heterocycles. The SMILES string of the molecule is CC1(C)/C(=C\C=C\CC/C=C/[C@@H]2N(CCCCS(=O)(=O)O)c3ccc4ccccc4c3C2(C)C)N(CCCCS(=O)(=O)O)c2ccc3ccccc3c21. The number of rotatable bonds is 15. The molecule has 4 aromatic rings. The van der Waals surface area contributed by atoms with Crippen molar-refractivity contribution in [1.82, 2.24) is 0 Å². The van der Waals surface area contributed by atoms with Gasteiger partial charge in [-0.05, 0) is 89.4 Å². The highest BCUT2D eigenvalue weighted by atomic mass is 32.2. The fourth-order valence-electron chi connectivity index (χ4n) is 8.54. The zero-order chi connectivity index (χ0) is 38.0. The zero-order valence-corrected chi connectivity index (χ0v) is 32.8. The van der Waals surface area contributed by atoms with E-state index in [0.717, 1.165) is 24.2 Å². The van der Waals surface area contributed by atoms with E-state index in [1.165, 1.54) is 38.4 Å². The van der Waals surface area contributed by atoms with Crippen molar-refractivity contribution >= 4 is 53.2 Å². The minimum absolute atomic E-state index is 0.0853. The lowest BCUT2D eigenvalue weighted by atomic mass is 9.78. The minimum atomic E-state index is -4.00. The van der Waals surface area contributed by atoms with Crippen LogP contribution in [-0.2, 0) is 31.1 Å². The molecule has 2 N–H and O–H groups in total. The molecule has 1 atom stereocenters. The van der Waals surface area contributed by atoms with Gasteiger partial charge in [0.15, 0.2) is 0 Å². The van der Waals surface area contributed by atoms with Gasteiger partial charge in [0.05, 0.1) is 17.5 Å². The molecule has 0 fully saturated rings. The fourth-order valence-corrected chi connectivity index (χ4v) is 9.68. The number of hydrogen-bond acceptors (Lipinski definition) is 6. The monoisotopic (exact) mass is 756 g/mol. The van der Waals surface area contributed by atoms with Crippen LogP contribution in [0.2, 0.25) is 0 Å². The predicted octanol–water partition coefficient (Wildman–Crippen LogP) is 9.37. The van der Waals surface area contributed by atoms with E-state index in [1.807, 2.05) is 0 Å². The quantitative estimate of drug-likeness (QED) is 0.0701. The highest BCUT2D eigenvalue weighted by Gasteiger charge is 2.44. The Labute approximate surface area is 315 Å². The largest absolute Gasteiger partial charge is 0.364 e. The molecule has 282 valence electrons. The Morgan fingerprint density at radius 1 is 0.660 bits per heavy atom. The van der Waals surface area contributed by atoms with Crippen LogP contribution in [0.15, 0.2) is 109 Å². The number of allylic oxidation sites excluding steroid dienone is 5. The molecule has 0 aromatic heterocycles. The summed E-state index contributed by atoms with van der Waals surface area (Å²) in [6.07, 6.45) is 14.8. The molecule has 0 unspecified atom stereocenters. The van der Waals surface area contributed by atoms with Crippen LogP contribution in [-0.4, -0.2) is 56.6 Å². The van der Waals surface area contributed by atoms with E-state index in [-0.39, 0.29) is 28.4 Å². The highest BCUT2D eigenvalue weighted by molar-refractivity contribution is 7.86. The van der Waals surface area contributed by atoms with Crippen LogP contribution < -0.4 is 9.80 Å². The minimum Gasteiger partial charge on any atom is -0.364 e. The Bertz CT molecular complexity index is 2290. The van der Waals surface area contributed by atoms with E-state index in [1.54, 1.807) is 0 Å². The Hall–Kier alpha value is -3.96. The molecule has 0 spiro atoms. The Balaban J connectivity index is 1.19. The van der Waals surface area contributed by atoms with Crippen molar-refractivity contribution in [2.75, 3.05) is 34.4 Å². The number of unbranched alkanes of at least 4 members (excludes halogenated alkanes) is 3. The van der Waals surface area contributed by atoms with Crippen LogP contribution in [0.1, 0.15) is 77.3 Å². The number of fused-ring (bicyclic) bond motifs is 6. The summed E-state index contributed by atoms with van der Waals surface area (Å²) in [6, 6.07) is 25.6. The van der Waals surface area contributed by atoms with Gasteiger partial charge in [0.25, 0.3) is 20.2 Å². The van der Waals surface area contributed by atoms with Gasteiger partial charge in [-0.25, -0.2) is 0 Å².